The van der Waals surface area contributed by atoms with Gasteiger partial charge in [-0.05, 0) is 105 Å². The van der Waals surface area contributed by atoms with Crippen LogP contribution in [0.4, 0.5) is 0 Å². The van der Waals surface area contributed by atoms with Crippen molar-refractivity contribution in [2.24, 2.45) is 0 Å². The summed E-state index contributed by atoms with van der Waals surface area (Å²) >= 11 is 0. The normalized spacial score (nSPS) is 13.1. The number of para-hydroxylation sites is 6. The molecule has 5 aromatic carbocycles. The standard InChI is InChI=1S/C46H38N6/c1-3-5-18-35(4-2)50-41-26-15-12-23-38(41)47-44(50)32-29-33(45-48-39-24-13-16-27-42(39)51(45)36-19-8-6-9-20-36)31-34(30-32)46-49-40-25-14-17-28-43(40)52(46)37-21-10-7-11-22-37/h4-13,15-24,26-31H,3,14,25H2,1-2H3/b18-5-,35-4+. The van der Waals surface area contributed by atoms with Crippen LogP contribution in [-0.4, -0.2) is 28.7 Å². The number of fused-ring (bicyclic) bond motifs is 3. The van der Waals surface area contributed by atoms with Crippen LogP contribution in [0.25, 0.3) is 79.4 Å². The fourth-order valence-corrected chi connectivity index (χ4v) is 7.37. The molecule has 0 bridgehead atoms. The first kappa shape index (κ1) is 31.5. The van der Waals surface area contributed by atoms with Crippen LogP contribution < -0.4 is 0 Å². The minimum atomic E-state index is 0.859. The Bertz CT molecular complexity index is 2670. The molecule has 252 valence electrons. The SMILES string of the molecule is C/C=C(\C=C/CC)n1c(-c2cc(-c3nc4c(n3-c3ccccc3)C=CCC4)cc(-c3nc4ccccc4n3-c3ccccc3)c2)nc2ccccc21. The fourth-order valence-electron chi connectivity index (χ4n) is 7.37. The van der Waals surface area contributed by atoms with Crippen LogP contribution in [0.3, 0.4) is 0 Å². The first-order chi connectivity index (χ1) is 25.7. The molecule has 0 aliphatic heterocycles. The van der Waals surface area contributed by atoms with E-state index >= 15 is 0 Å². The van der Waals surface area contributed by atoms with Gasteiger partial charge in [-0.15, -0.1) is 0 Å². The number of aryl methyl sites for hydroxylation is 1. The number of hydrogen-bond donors (Lipinski definition) is 0. The highest BCUT2D eigenvalue weighted by Crippen LogP contribution is 2.39. The summed E-state index contributed by atoms with van der Waals surface area (Å²) in [6.45, 7) is 4.25. The van der Waals surface area contributed by atoms with Crippen molar-refractivity contribution in [3.05, 3.63) is 163 Å². The van der Waals surface area contributed by atoms with E-state index in [9.17, 15) is 0 Å². The molecule has 9 rings (SSSR count). The number of imidazole rings is 3. The Labute approximate surface area is 303 Å². The van der Waals surface area contributed by atoms with Gasteiger partial charge in [0.1, 0.15) is 17.5 Å². The second-order valence-electron chi connectivity index (χ2n) is 13.1. The molecular weight excluding hydrogens is 637 g/mol. The number of rotatable bonds is 8. The highest BCUT2D eigenvalue weighted by atomic mass is 15.1. The van der Waals surface area contributed by atoms with Crippen molar-refractivity contribution in [1.29, 1.82) is 0 Å². The molecule has 0 N–H and O–H groups in total. The van der Waals surface area contributed by atoms with Gasteiger partial charge in [-0.1, -0.05) is 85.8 Å². The minimum absolute atomic E-state index is 0.859. The van der Waals surface area contributed by atoms with Gasteiger partial charge in [-0.25, -0.2) is 15.0 Å². The van der Waals surface area contributed by atoms with E-state index in [4.69, 9.17) is 15.0 Å². The van der Waals surface area contributed by atoms with E-state index in [1.54, 1.807) is 0 Å². The maximum atomic E-state index is 5.38. The molecule has 1 aliphatic carbocycles. The first-order valence-electron chi connectivity index (χ1n) is 18.0. The predicted molar refractivity (Wildman–Crippen MR) is 215 cm³/mol. The summed E-state index contributed by atoms with van der Waals surface area (Å²) in [4.78, 5) is 16.0. The van der Waals surface area contributed by atoms with Gasteiger partial charge >= 0.3 is 0 Å². The number of allylic oxidation sites excluding steroid dienone is 5. The van der Waals surface area contributed by atoms with Gasteiger partial charge in [-0.2, -0.15) is 0 Å². The molecule has 1 aliphatic rings. The predicted octanol–water partition coefficient (Wildman–Crippen LogP) is 11.3. The molecule has 0 unspecified atom stereocenters. The van der Waals surface area contributed by atoms with Crippen molar-refractivity contribution >= 4 is 33.8 Å². The molecule has 6 nitrogen and oxygen atoms in total. The highest BCUT2D eigenvalue weighted by Gasteiger charge is 2.24. The Morgan fingerprint density at radius 3 is 1.87 bits per heavy atom. The largest absolute Gasteiger partial charge is 0.293 e. The Morgan fingerprint density at radius 2 is 1.19 bits per heavy atom. The second-order valence-corrected chi connectivity index (χ2v) is 13.1. The van der Waals surface area contributed by atoms with E-state index in [-0.39, 0.29) is 0 Å². The van der Waals surface area contributed by atoms with Crippen LogP contribution in [0.15, 0.2) is 152 Å². The van der Waals surface area contributed by atoms with Crippen molar-refractivity contribution in [3.63, 3.8) is 0 Å². The summed E-state index contributed by atoms with van der Waals surface area (Å²) in [5, 5.41) is 0. The van der Waals surface area contributed by atoms with Crippen LogP contribution in [0.5, 0.6) is 0 Å². The molecule has 6 heteroatoms. The average Bonchev–Trinajstić information content (AvgIpc) is 3.91. The van der Waals surface area contributed by atoms with E-state index in [0.717, 1.165) is 104 Å². The summed E-state index contributed by atoms with van der Waals surface area (Å²) in [5.74, 6) is 2.62. The van der Waals surface area contributed by atoms with Crippen LogP contribution in [0.2, 0.25) is 0 Å². The lowest BCUT2D eigenvalue weighted by atomic mass is 10.0. The number of benzene rings is 5. The lowest BCUT2D eigenvalue weighted by Gasteiger charge is -2.16. The number of aromatic nitrogens is 6. The fraction of sp³-hybridized carbons (Fsp3) is 0.109. The number of hydrogen-bond acceptors (Lipinski definition) is 3. The topological polar surface area (TPSA) is 53.5 Å². The molecule has 0 saturated heterocycles. The highest BCUT2D eigenvalue weighted by molar-refractivity contribution is 5.90. The van der Waals surface area contributed by atoms with Crippen molar-refractivity contribution < 1.29 is 0 Å². The smallest absolute Gasteiger partial charge is 0.145 e. The van der Waals surface area contributed by atoms with Gasteiger partial charge in [-0.3, -0.25) is 13.7 Å². The van der Waals surface area contributed by atoms with E-state index in [1.165, 1.54) is 0 Å². The first-order valence-corrected chi connectivity index (χ1v) is 18.0. The average molecular weight is 675 g/mol. The quantitative estimate of drug-likeness (QED) is 0.151. The Morgan fingerprint density at radius 1 is 0.635 bits per heavy atom. The van der Waals surface area contributed by atoms with E-state index in [0.29, 0.717) is 0 Å². The molecule has 0 radical (unpaired) electrons. The summed E-state index contributed by atoms with van der Waals surface area (Å²) in [7, 11) is 0. The Hall–Kier alpha value is -6.53. The van der Waals surface area contributed by atoms with Crippen LogP contribution in [0.1, 0.15) is 38.1 Å². The van der Waals surface area contributed by atoms with Crippen LogP contribution >= 0.6 is 0 Å². The second kappa shape index (κ2) is 13.3. The minimum Gasteiger partial charge on any atom is -0.293 e. The zero-order valence-electron chi connectivity index (χ0n) is 29.3. The molecule has 3 aromatic heterocycles. The monoisotopic (exact) mass is 674 g/mol. The van der Waals surface area contributed by atoms with E-state index in [1.807, 2.05) is 0 Å². The summed E-state index contributed by atoms with van der Waals surface area (Å²) in [6, 6.07) is 44.5. The molecule has 0 fully saturated rings. The summed E-state index contributed by atoms with van der Waals surface area (Å²) in [5.41, 5.74) is 12.4. The van der Waals surface area contributed by atoms with Gasteiger partial charge in [0.25, 0.3) is 0 Å². The number of nitrogens with zero attached hydrogens (tertiary/aromatic N) is 6. The summed E-state index contributed by atoms with van der Waals surface area (Å²) in [6.07, 6.45) is 13.8. The third-order valence-corrected chi connectivity index (χ3v) is 9.75. The molecule has 3 heterocycles. The van der Waals surface area contributed by atoms with Crippen molar-refractivity contribution in [3.8, 4) is 45.5 Å². The zero-order valence-corrected chi connectivity index (χ0v) is 29.3. The lowest BCUT2D eigenvalue weighted by molar-refractivity contribution is 0.936. The van der Waals surface area contributed by atoms with Crippen LogP contribution in [0, 0.1) is 0 Å². The lowest BCUT2D eigenvalue weighted by Crippen LogP contribution is -2.03. The molecule has 8 aromatic rings. The maximum Gasteiger partial charge on any atom is 0.145 e. The molecule has 0 saturated carbocycles. The molecule has 0 spiro atoms. The third kappa shape index (κ3) is 5.40. The van der Waals surface area contributed by atoms with Crippen molar-refractivity contribution in [1.82, 2.24) is 28.7 Å². The molecule has 0 atom stereocenters. The third-order valence-electron chi connectivity index (χ3n) is 9.75. The van der Waals surface area contributed by atoms with Crippen LogP contribution in [-0.2, 0) is 6.42 Å². The van der Waals surface area contributed by atoms with Crippen molar-refractivity contribution in [2.75, 3.05) is 0 Å². The van der Waals surface area contributed by atoms with Gasteiger partial charge in [0.15, 0.2) is 0 Å². The van der Waals surface area contributed by atoms with Crippen molar-refractivity contribution in [2.45, 2.75) is 33.1 Å². The zero-order chi connectivity index (χ0) is 35.0. The van der Waals surface area contributed by atoms with E-state index in [2.05, 4.69) is 185 Å². The molecule has 52 heavy (non-hydrogen) atoms. The molecular formula is C46H38N6. The van der Waals surface area contributed by atoms with Gasteiger partial charge in [0.05, 0.1) is 33.5 Å². The van der Waals surface area contributed by atoms with Gasteiger partial charge in [0.2, 0.25) is 0 Å². The molecule has 0 amide bonds. The Kier molecular flexibility index (Phi) is 8.05. The Balaban J connectivity index is 1.38. The van der Waals surface area contributed by atoms with E-state index < -0.39 is 0 Å². The maximum absolute atomic E-state index is 5.38. The van der Waals surface area contributed by atoms with Gasteiger partial charge < -0.3 is 0 Å². The van der Waals surface area contributed by atoms with Gasteiger partial charge in [0, 0.05) is 33.8 Å². The summed E-state index contributed by atoms with van der Waals surface area (Å²) < 4.78 is 6.85.